The molecule has 2 atom stereocenters. The van der Waals surface area contributed by atoms with Crippen LogP contribution in [0.15, 0.2) is 0 Å². The number of ether oxygens (including phenoxy) is 2. The largest absolute Gasteiger partial charge is 0.348 e. The lowest BCUT2D eigenvalue weighted by Crippen LogP contribution is -2.50. The van der Waals surface area contributed by atoms with Crippen molar-refractivity contribution >= 4 is 0 Å². The summed E-state index contributed by atoms with van der Waals surface area (Å²) >= 11 is 0. The molecule has 4 heteroatoms. The van der Waals surface area contributed by atoms with Crippen LogP contribution in [0.2, 0.25) is 0 Å². The first-order valence-corrected chi connectivity index (χ1v) is 5.22. The Labute approximate surface area is 83.7 Å². The Morgan fingerprint density at radius 3 is 2.64 bits per heavy atom. The predicted molar refractivity (Wildman–Crippen MR) is 50.5 cm³/mol. The molecule has 1 saturated carbocycles. The number of alkyl halides is 1. The van der Waals surface area contributed by atoms with Crippen molar-refractivity contribution in [1.82, 2.24) is 0 Å². The molecule has 14 heavy (non-hydrogen) atoms. The molecule has 3 nitrogen and oxygen atoms in total. The van der Waals surface area contributed by atoms with Crippen molar-refractivity contribution in [2.24, 2.45) is 11.1 Å². The predicted octanol–water partition coefficient (Wildman–Crippen LogP) is 1.22. The van der Waals surface area contributed by atoms with Crippen molar-refractivity contribution in [2.75, 3.05) is 19.8 Å². The summed E-state index contributed by atoms with van der Waals surface area (Å²) in [4.78, 5) is 0. The second kappa shape index (κ2) is 3.43. The molecular formula is C10H18FNO2. The molecule has 2 aliphatic rings. The zero-order chi connectivity index (χ0) is 10.2. The Hall–Kier alpha value is -0.190. The standard InChI is InChI=1S/C10H18FNO2/c1-9(7-12)6-10(3-2-8(9)11)13-4-5-14-10/h8H,2-7,12H2,1H3/t8-,9-/m0/s1. The molecule has 1 aliphatic carbocycles. The van der Waals surface area contributed by atoms with Gasteiger partial charge in [0.1, 0.15) is 6.17 Å². The van der Waals surface area contributed by atoms with Crippen LogP contribution < -0.4 is 5.73 Å². The third-order valence-corrected chi connectivity index (χ3v) is 3.49. The van der Waals surface area contributed by atoms with Gasteiger partial charge < -0.3 is 15.2 Å². The number of hydrogen-bond acceptors (Lipinski definition) is 3. The van der Waals surface area contributed by atoms with E-state index in [9.17, 15) is 4.39 Å². The summed E-state index contributed by atoms with van der Waals surface area (Å²) in [5.74, 6) is -0.531. The van der Waals surface area contributed by atoms with Gasteiger partial charge in [0, 0.05) is 24.8 Å². The lowest BCUT2D eigenvalue weighted by Gasteiger charge is -2.44. The van der Waals surface area contributed by atoms with Crippen LogP contribution in [0.4, 0.5) is 4.39 Å². The Kier molecular flexibility index (Phi) is 2.53. The van der Waals surface area contributed by atoms with Gasteiger partial charge in [-0.1, -0.05) is 6.92 Å². The Morgan fingerprint density at radius 2 is 2.07 bits per heavy atom. The fourth-order valence-corrected chi connectivity index (χ4v) is 2.45. The highest BCUT2D eigenvalue weighted by atomic mass is 19.1. The highest BCUT2D eigenvalue weighted by molar-refractivity contribution is 4.96. The van der Waals surface area contributed by atoms with Crippen molar-refractivity contribution in [3.63, 3.8) is 0 Å². The normalized spacial score (nSPS) is 41.8. The van der Waals surface area contributed by atoms with Crippen LogP contribution in [0.25, 0.3) is 0 Å². The molecular weight excluding hydrogens is 185 g/mol. The molecule has 0 aromatic rings. The summed E-state index contributed by atoms with van der Waals surface area (Å²) in [6, 6.07) is 0. The first-order valence-electron chi connectivity index (χ1n) is 5.22. The molecule has 1 spiro atoms. The average molecular weight is 203 g/mol. The molecule has 2 rings (SSSR count). The van der Waals surface area contributed by atoms with Gasteiger partial charge in [-0.2, -0.15) is 0 Å². The van der Waals surface area contributed by atoms with E-state index in [2.05, 4.69) is 0 Å². The van der Waals surface area contributed by atoms with Crippen LogP contribution >= 0.6 is 0 Å². The molecule has 0 radical (unpaired) electrons. The summed E-state index contributed by atoms with van der Waals surface area (Å²) in [5, 5.41) is 0. The first kappa shape index (κ1) is 10.3. The van der Waals surface area contributed by atoms with E-state index in [0.717, 1.165) is 0 Å². The van der Waals surface area contributed by atoms with Crippen LogP contribution in [0, 0.1) is 5.41 Å². The first-order chi connectivity index (χ1) is 6.60. The van der Waals surface area contributed by atoms with Gasteiger partial charge in [0.2, 0.25) is 0 Å². The van der Waals surface area contributed by atoms with Crippen molar-refractivity contribution in [3.8, 4) is 0 Å². The summed E-state index contributed by atoms with van der Waals surface area (Å²) in [6.07, 6.45) is 0.903. The van der Waals surface area contributed by atoms with Gasteiger partial charge in [-0.05, 0) is 6.42 Å². The third-order valence-electron chi connectivity index (χ3n) is 3.49. The van der Waals surface area contributed by atoms with Gasteiger partial charge in [0.25, 0.3) is 0 Å². The Morgan fingerprint density at radius 1 is 1.43 bits per heavy atom. The van der Waals surface area contributed by atoms with Gasteiger partial charge in [-0.3, -0.25) is 0 Å². The van der Waals surface area contributed by atoms with E-state index in [0.29, 0.717) is 39.0 Å². The van der Waals surface area contributed by atoms with Crippen LogP contribution in [-0.2, 0) is 9.47 Å². The molecule has 0 aromatic carbocycles. The van der Waals surface area contributed by atoms with Crippen molar-refractivity contribution in [2.45, 2.75) is 38.1 Å². The monoisotopic (exact) mass is 203 g/mol. The maximum atomic E-state index is 13.7. The minimum absolute atomic E-state index is 0.350. The van der Waals surface area contributed by atoms with E-state index in [1.165, 1.54) is 0 Å². The second-order valence-corrected chi connectivity index (χ2v) is 4.65. The van der Waals surface area contributed by atoms with E-state index < -0.39 is 17.4 Å². The molecule has 2 N–H and O–H groups in total. The van der Waals surface area contributed by atoms with E-state index >= 15 is 0 Å². The van der Waals surface area contributed by atoms with Crippen LogP contribution in [-0.4, -0.2) is 31.7 Å². The van der Waals surface area contributed by atoms with Crippen LogP contribution in [0.5, 0.6) is 0 Å². The van der Waals surface area contributed by atoms with Crippen molar-refractivity contribution in [1.29, 1.82) is 0 Å². The molecule has 82 valence electrons. The van der Waals surface area contributed by atoms with Gasteiger partial charge in [0.15, 0.2) is 5.79 Å². The van der Waals surface area contributed by atoms with E-state index in [-0.39, 0.29) is 0 Å². The van der Waals surface area contributed by atoms with Crippen LogP contribution in [0.3, 0.4) is 0 Å². The molecule has 0 bridgehead atoms. The highest BCUT2D eigenvalue weighted by Crippen LogP contribution is 2.46. The average Bonchev–Trinajstić information content (AvgIpc) is 2.61. The number of rotatable bonds is 1. The highest BCUT2D eigenvalue weighted by Gasteiger charge is 2.50. The maximum Gasteiger partial charge on any atom is 0.169 e. The van der Waals surface area contributed by atoms with Crippen LogP contribution in [0.1, 0.15) is 26.2 Å². The second-order valence-electron chi connectivity index (χ2n) is 4.65. The van der Waals surface area contributed by atoms with E-state index in [4.69, 9.17) is 15.2 Å². The smallest absolute Gasteiger partial charge is 0.169 e. The number of hydrogen-bond donors (Lipinski definition) is 1. The molecule has 0 aromatic heterocycles. The Bertz CT molecular complexity index is 218. The molecule has 1 aliphatic heterocycles. The topological polar surface area (TPSA) is 44.5 Å². The molecule has 2 fully saturated rings. The Balaban J connectivity index is 2.12. The number of halogens is 1. The SMILES string of the molecule is C[C@@]1(CN)CC2(CC[C@@H]1F)OCCO2. The van der Waals surface area contributed by atoms with Crippen molar-refractivity contribution in [3.05, 3.63) is 0 Å². The molecule has 0 unspecified atom stereocenters. The van der Waals surface area contributed by atoms with Gasteiger partial charge >= 0.3 is 0 Å². The quantitative estimate of drug-likeness (QED) is 0.696. The lowest BCUT2D eigenvalue weighted by atomic mass is 9.71. The fourth-order valence-electron chi connectivity index (χ4n) is 2.45. The third kappa shape index (κ3) is 1.55. The van der Waals surface area contributed by atoms with Crippen molar-refractivity contribution < 1.29 is 13.9 Å². The lowest BCUT2D eigenvalue weighted by molar-refractivity contribution is -0.211. The summed E-state index contributed by atoms with van der Waals surface area (Å²) < 4.78 is 24.8. The van der Waals surface area contributed by atoms with E-state index in [1.807, 2.05) is 6.92 Å². The fraction of sp³-hybridized carbons (Fsp3) is 1.00. The minimum Gasteiger partial charge on any atom is -0.348 e. The zero-order valence-corrected chi connectivity index (χ0v) is 8.59. The minimum atomic E-state index is -0.828. The van der Waals surface area contributed by atoms with E-state index in [1.54, 1.807) is 0 Å². The number of nitrogens with two attached hydrogens (primary N) is 1. The summed E-state index contributed by atoms with van der Waals surface area (Å²) in [7, 11) is 0. The zero-order valence-electron chi connectivity index (χ0n) is 8.59. The van der Waals surface area contributed by atoms with Gasteiger partial charge in [-0.25, -0.2) is 4.39 Å². The molecule has 1 heterocycles. The summed E-state index contributed by atoms with van der Waals surface area (Å²) in [6.45, 7) is 3.47. The molecule has 0 amide bonds. The maximum absolute atomic E-state index is 13.7. The van der Waals surface area contributed by atoms with Gasteiger partial charge in [0.05, 0.1) is 13.2 Å². The summed E-state index contributed by atoms with van der Waals surface area (Å²) in [5.41, 5.74) is 5.14. The molecule has 1 saturated heterocycles. The van der Waals surface area contributed by atoms with Gasteiger partial charge in [-0.15, -0.1) is 0 Å².